The molecular weight excluding hydrogens is 244 g/mol. The predicted octanol–water partition coefficient (Wildman–Crippen LogP) is 2.18. The van der Waals surface area contributed by atoms with E-state index in [9.17, 15) is 0 Å². The van der Waals surface area contributed by atoms with Crippen molar-refractivity contribution in [2.45, 2.75) is 46.7 Å². The number of hydrogen-bond donors (Lipinski definition) is 0. The Balaban J connectivity index is 3.53. The molecule has 0 radical (unpaired) electrons. The van der Waals surface area contributed by atoms with Crippen LogP contribution < -0.4 is 0 Å². The first-order valence-electron chi connectivity index (χ1n) is 6.58. The van der Waals surface area contributed by atoms with Crippen LogP contribution in [0.2, 0.25) is 0 Å². The summed E-state index contributed by atoms with van der Waals surface area (Å²) in [4.78, 5) is 0. The molecule has 0 bridgehead atoms. The summed E-state index contributed by atoms with van der Waals surface area (Å²) in [6.07, 6.45) is 0.0938. The minimum absolute atomic E-state index is 0.209. The predicted molar refractivity (Wildman–Crippen MR) is 74.2 cm³/mol. The van der Waals surface area contributed by atoms with Crippen molar-refractivity contribution in [3.8, 4) is 23.7 Å². The molecule has 0 saturated heterocycles. The molecule has 0 heterocycles. The first kappa shape index (κ1) is 18.0. The van der Waals surface area contributed by atoms with Crippen LogP contribution in [0.3, 0.4) is 0 Å². The van der Waals surface area contributed by atoms with Crippen molar-refractivity contribution in [1.29, 1.82) is 0 Å². The number of rotatable bonds is 8. The molecule has 0 rings (SSSR count). The fraction of sp³-hybridized carbons (Fsp3) is 0.733. The fourth-order valence-electron chi connectivity index (χ4n) is 1.15. The molecule has 0 amide bonds. The van der Waals surface area contributed by atoms with Crippen LogP contribution in [0.5, 0.6) is 0 Å². The summed E-state index contributed by atoms with van der Waals surface area (Å²) in [7, 11) is 0. The van der Waals surface area contributed by atoms with E-state index in [1.54, 1.807) is 0 Å². The Morgan fingerprint density at radius 2 is 1.11 bits per heavy atom. The van der Waals surface area contributed by atoms with E-state index in [1.807, 2.05) is 27.7 Å². The van der Waals surface area contributed by atoms with Gasteiger partial charge in [-0.3, -0.25) is 0 Å². The summed E-state index contributed by atoms with van der Waals surface area (Å²) in [5.41, 5.74) is 0. The van der Waals surface area contributed by atoms with Gasteiger partial charge in [-0.05, 0) is 27.7 Å². The van der Waals surface area contributed by atoms with Crippen LogP contribution >= 0.6 is 0 Å². The van der Waals surface area contributed by atoms with Gasteiger partial charge in [-0.25, -0.2) is 0 Å². The molecule has 0 aromatic heterocycles. The van der Waals surface area contributed by atoms with E-state index in [4.69, 9.17) is 18.9 Å². The molecule has 2 unspecified atom stereocenters. The minimum Gasteiger partial charge on any atom is -0.353 e. The molecule has 0 aliphatic heterocycles. The third kappa shape index (κ3) is 13.2. The zero-order valence-electron chi connectivity index (χ0n) is 12.3. The average Bonchev–Trinajstić information content (AvgIpc) is 2.37. The summed E-state index contributed by atoms with van der Waals surface area (Å²) in [6.45, 7) is 9.55. The molecule has 0 aliphatic rings. The van der Waals surface area contributed by atoms with Gasteiger partial charge in [-0.15, -0.1) is 0 Å². The van der Waals surface area contributed by atoms with Gasteiger partial charge < -0.3 is 18.9 Å². The first-order chi connectivity index (χ1) is 9.20. The highest BCUT2D eigenvalue weighted by atomic mass is 16.7. The maximum Gasteiger partial charge on any atom is 0.156 e. The van der Waals surface area contributed by atoms with E-state index >= 15 is 0 Å². The Bertz CT molecular complexity index is 287. The molecule has 108 valence electrons. The smallest absolute Gasteiger partial charge is 0.156 e. The Hall–Kier alpha value is -1.04. The zero-order valence-corrected chi connectivity index (χ0v) is 12.3. The molecular formula is C15H24O4. The minimum atomic E-state index is -0.209. The van der Waals surface area contributed by atoms with Crippen molar-refractivity contribution in [1.82, 2.24) is 0 Å². The largest absolute Gasteiger partial charge is 0.353 e. The van der Waals surface area contributed by atoms with Gasteiger partial charge in [0.15, 0.2) is 12.6 Å². The Kier molecular flexibility index (Phi) is 12.7. The van der Waals surface area contributed by atoms with Gasteiger partial charge in [0.25, 0.3) is 0 Å². The molecule has 0 fully saturated rings. The van der Waals surface area contributed by atoms with E-state index in [2.05, 4.69) is 23.7 Å². The maximum absolute atomic E-state index is 5.28. The van der Waals surface area contributed by atoms with E-state index in [1.165, 1.54) is 0 Å². The summed E-state index contributed by atoms with van der Waals surface area (Å²) < 4.78 is 21.0. The maximum atomic E-state index is 5.28. The summed E-state index contributed by atoms with van der Waals surface area (Å²) in [5.74, 6) is 11.6. The second kappa shape index (κ2) is 13.4. The second-order valence-electron chi connectivity index (χ2n) is 3.55. The highest BCUT2D eigenvalue weighted by Crippen LogP contribution is 1.92. The van der Waals surface area contributed by atoms with Crippen molar-refractivity contribution in [3.63, 3.8) is 0 Å². The van der Waals surface area contributed by atoms with Gasteiger partial charge in [0.2, 0.25) is 0 Å². The molecule has 0 spiro atoms. The quantitative estimate of drug-likeness (QED) is 0.499. The molecule has 0 aromatic rings. The number of ether oxygens (including phenoxy) is 4. The lowest BCUT2D eigenvalue weighted by atomic mass is 10.4. The van der Waals surface area contributed by atoms with E-state index < -0.39 is 0 Å². The monoisotopic (exact) mass is 268 g/mol. The van der Waals surface area contributed by atoms with E-state index in [0.717, 1.165) is 0 Å². The van der Waals surface area contributed by atoms with Crippen LogP contribution in [-0.2, 0) is 18.9 Å². The third-order valence-corrected chi connectivity index (χ3v) is 2.01. The third-order valence-electron chi connectivity index (χ3n) is 2.01. The van der Waals surface area contributed by atoms with Crippen LogP contribution in [0.15, 0.2) is 0 Å². The molecule has 4 heteroatoms. The Labute approximate surface area is 116 Å². The molecule has 4 nitrogen and oxygen atoms in total. The van der Waals surface area contributed by atoms with Gasteiger partial charge in [-0.1, -0.05) is 23.7 Å². The first-order valence-corrected chi connectivity index (χ1v) is 6.58. The van der Waals surface area contributed by atoms with Crippen LogP contribution in [-0.4, -0.2) is 39.0 Å². The highest BCUT2D eigenvalue weighted by Gasteiger charge is 1.97. The van der Waals surface area contributed by atoms with Gasteiger partial charge in [-0.2, -0.15) is 0 Å². The van der Waals surface area contributed by atoms with Gasteiger partial charge in [0, 0.05) is 13.2 Å². The number of hydrogen-bond acceptors (Lipinski definition) is 4. The normalized spacial score (nSPS) is 12.8. The van der Waals surface area contributed by atoms with Gasteiger partial charge >= 0.3 is 0 Å². The van der Waals surface area contributed by atoms with Crippen LogP contribution in [0.1, 0.15) is 34.1 Å². The topological polar surface area (TPSA) is 36.9 Å². The molecule has 2 atom stereocenters. The lowest BCUT2D eigenvalue weighted by Gasteiger charge is -2.09. The van der Waals surface area contributed by atoms with Crippen molar-refractivity contribution >= 4 is 0 Å². The molecule has 0 N–H and O–H groups in total. The molecule has 19 heavy (non-hydrogen) atoms. The zero-order chi connectivity index (χ0) is 14.3. The summed E-state index contributed by atoms with van der Waals surface area (Å²) >= 11 is 0. The highest BCUT2D eigenvalue weighted by molar-refractivity contribution is 5.11. The second-order valence-corrected chi connectivity index (χ2v) is 3.55. The van der Waals surface area contributed by atoms with Gasteiger partial charge in [0.05, 0.1) is 6.42 Å². The molecule has 0 aliphatic carbocycles. The SMILES string of the molecule is CCOC(C)OCC#CCC#CCOC(C)OCC. The van der Waals surface area contributed by atoms with Crippen molar-refractivity contribution in [2.24, 2.45) is 0 Å². The fourth-order valence-corrected chi connectivity index (χ4v) is 1.15. The summed E-state index contributed by atoms with van der Waals surface area (Å²) in [5, 5.41) is 0. The van der Waals surface area contributed by atoms with Crippen molar-refractivity contribution in [2.75, 3.05) is 26.4 Å². The standard InChI is InChI=1S/C15H24O4/c1-5-16-14(3)18-12-10-8-7-9-11-13-19-15(4)17-6-2/h14-15H,5-7,12-13H2,1-4H3. The van der Waals surface area contributed by atoms with Gasteiger partial charge in [0.1, 0.15) is 13.2 Å². The van der Waals surface area contributed by atoms with Crippen LogP contribution in [0, 0.1) is 23.7 Å². The lowest BCUT2D eigenvalue weighted by Crippen LogP contribution is -2.12. The van der Waals surface area contributed by atoms with Crippen LogP contribution in [0.4, 0.5) is 0 Å². The average molecular weight is 268 g/mol. The molecule has 0 saturated carbocycles. The van der Waals surface area contributed by atoms with E-state index in [0.29, 0.717) is 32.8 Å². The molecule has 0 aromatic carbocycles. The lowest BCUT2D eigenvalue weighted by molar-refractivity contribution is -0.117. The van der Waals surface area contributed by atoms with E-state index in [-0.39, 0.29) is 12.6 Å². The Morgan fingerprint density at radius 3 is 1.47 bits per heavy atom. The Morgan fingerprint density at radius 1 is 0.684 bits per heavy atom. The van der Waals surface area contributed by atoms with Crippen molar-refractivity contribution < 1.29 is 18.9 Å². The van der Waals surface area contributed by atoms with Crippen molar-refractivity contribution in [3.05, 3.63) is 0 Å². The van der Waals surface area contributed by atoms with Crippen LogP contribution in [0.25, 0.3) is 0 Å². The summed E-state index contributed by atoms with van der Waals surface area (Å²) in [6, 6.07) is 0.